The van der Waals surface area contributed by atoms with E-state index in [1.807, 2.05) is 27.7 Å². The Labute approximate surface area is 208 Å². The summed E-state index contributed by atoms with van der Waals surface area (Å²) < 4.78 is 4.92. The van der Waals surface area contributed by atoms with Crippen LogP contribution in [-0.2, 0) is 28.7 Å². The first-order valence-corrected chi connectivity index (χ1v) is 12.4. The topological polar surface area (TPSA) is 143 Å². The Morgan fingerprint density at radius 1 is 1.00 bits per heavy atom. The highest BCUT2D eigenvalue weighted by Gasteiger charge is 2.31. The highest BCUT2D eigenvalue weighted by Crippen LogP contribution is 2.17. The van der Waals surface area contributed by atoms with Crippen molar-refractivity contribution in [3.8, 4) is 0 Å². The molecule has 35 heavy (non-hydrogen) atoms. The first kappa shape index (κ1) is 30.1. The molecular formula is C25H42N4O6. The van der Waals surface area contributed by atoms with Crippen molar-refractivity contribution in [3.63, 3.8) is 0 Å². The minimum absolute atomic E-state index is 0.0901. The van der Waals surface area contributed by atoms with Crippen LogP contribution < -0.4 is 21.3 Å². The Morgan fingerprint density at radius 3 is 2.06 bits per heavy atom. The lowest BCUT2D eigenvalue weighted by molar-refractivity contribution is -0.137. The van der Waals surface area contributed by atoms with Crippen molar-refractivity contribution in [2.45, 2.75) is 85.4 Å². The molecular weight excluding hydrogens is 452 g/mol. The third-order valence-electron chi connectivity index (χ3n) is 5.52. The number of rotatable bonds is 14. The lowest BCUT2D eigenvalue weighted by Crippen LogP contribution is -2.55. The smallest absolute Gasteiger partial charge is 0.330 e. The van der Waals surface area contributed by atoms with Gasteiger partial charge in [-0.25, -0.2) is 4.79 Å². The standard InChI is InChI=1S/C25H42N4O6/c1-7-35-22(31)9-8-19(14-18-10-11-26-23(18)32)28-24(33)21(13-16(4)5)29-25(34)20(12-15(2)3)27-17(6)30/h8-9,15-16,18-21H,7,10-14H2,1-6H3,(H,26,32)(H,27,30)(H,28,33)(H,29,34)/t18-,19+,20-,21-/m0/s1. The maximum atomic E-state index is 13.3. The molecule has 0 saturated carbocycles. The Bertz CT molecular complexity index is 780. The normalized spacial score (nSPS) is 18.2. The van der Waals surface area contributed by atoms with E-state index in [0.717, 1.165) is 0 Å². The zero-order valence-electron chi connectivity index (χ0n) is 21.8. The van der Waals surface area contributed by atoms with Crippen molar-refractivity contribution >= 4 is 29.6 Å². The fourth-order valence-electron chi connectivity index (χ4n) is 3.95. The molecule has 1 aliphatic heterocycles. The molecule has 0 aromatic heterocycles. The minimum Gasteiger partial charge on any atom is -0.463 e. The number of hydrogen-bond acceptors (Lipinski definition) is 6. The lowest BCUT2D eigenvalue weighted by Gasteiger charge is -2.26. The molecule has 0 unspecified atom stereocenters. The van der Waals surface area contributed by atoms with Crippen molar-refractivity contribution in [2.75, 3.05) is 13.2 Å². The van der Waals surface area contributed by atoms with E-state index in [1.54, 1.807) is 6.92 Å². The third-order valence-corrected chi connectivity index (χ3v) is 5.52. The molecule has 0 spiro atoms. The van der Waals surface area contributed by atoms with E-state index in [9.17, 15) is 24.0 Å². The number of hydrogen-bond donors (Lipinski definition) is 4. The summed E-state index contributed by atoms with van der Waals surface area (Å²) in [5, 5.41) is 11.1. The predicted molar refractivity (Wildman–Crippen MR) is 132 cm³/mol. The van der Waals surface area contributed by atoms with Gasteiger partial charge in [0.05, 0.1) is 6.61 Å². The monoisotopic (exact) mass is 494 g/mol. The third kappa shape index (κ3) is 11.9. The second-order valence-corrected chi connectivity index (χ2v) is 9.81. The van der Waals surface area contributed by atoms with Gasteiger partial charge in [0.15, 0.2) is 0 Å². The number of nitrogens with one attached hydrogen (secondary N) is 4. The number of carbonyl (C=O) groups is 5. The average molecular weight is 495 g/mol. The van der Waals surface area contributed by atoms with Crippen molar-refractivity contribution in [3.05, 3.63) is 12.2 Å². The van der Waals surface area contributed by atoms with E-state index in [-0.39, 0.29) is 36.2 Å². The fraction of sp³-hybridized carbons (Fsp3) is 0.720. The zero-order valence-corrected chi connectivity index (χ0v) is 21.8. The van der Waals surface area contributed by atoms with Crippen LogP contribution in [0, 0.1) is 17.8 Å². The van der Waals surface area contributed by atoms with E-state index in [1.165, 1.54) is 19.1 Å². The molecule has 0 aromatic carbocycles. The molecule has 0 bridgehead atoms. The molecule has 10 nitrogen and oxygen atoms in total. The maximum Gasteiger partial charge on any atom is 0.330 e. The molecule has 0 aliphatic carbocycles. The molecule has 4 atom stereocenters. The van der Waals surface area contributed by atoms with E-state index < -0.39 is 35.9 Å². The molecule has 198 valence electrons. The zero-order chi connectivity index (χ0) is 26.5. The molecule has 10 heteroatoms. The van der Waals surface area contributed by atoms with Gasteiger partial charge >= 0.3 is 5.97 Å². The highest BCUT2D eigenvalue weighted by molar-refractivity contribution is 5.92. The van der Waals surface area contributed by atoms with Crippen LogP contribution in [0.2, 0.25) is 0 Å². The number of ether oxygens (including phenoxy) is 1. The van der Waals surface area contributed by atoms with Gasteiger partial charge in [-0.1, -0.05) is 33.8 Å². The molecule has 4 amide bonds. The summed E-state index contributed by atoms with van der Waals surface area (Å²) >= 11 is 0. The summed E-state index contributed by atoms with van der Waals surface area (Å²) in [7, 11) is 0. The number of carbonyl (C=O) groups excluding carboxylic acids is 5. The largest absolute Gasteiger partial charge is 0.463 e. The van der Waals surface area contributed by atoms with Gasteiger partial charge in [0.1, 0.15) is 12.1 Å². The SMILES string of the molecule is CCOC(=O)C=C[C@H](C[C@@H]1CCNC1=O)NC(=O)[C@H](CC(C)C)NC(=O)[C@H](CC(C)C)NC(C)=O. The van der Waals surface area contributed by atoms with Gasteiger partial charge in [-0.15, -0.1) is 0 Å². The van der Waals surface area contributed by atoms with Gasteiger partial charge in [0.25, 0.3) is 0 Å². The van der Waals surface area contributed by atoms with E-state index in [4.69, 9.17) is 4.74 Å². The maximum absolute atomic E-state index is 13.3. The van der Waals surface area contributed by atoms with Crippen molar-refractivity contribution < 1.29 is 28.7 Å². The van der Waals surface area contributed by atoms with Gasteiger partial charge < -0.3 is 26.0 Å². The van der Waals surface area contributed by atoms with Crippen LogP contribution in [0.15, 0.2) is 12.2 Å². The summed E-state index contributed by atoms with van der Waals surface area (Å²) in [6.45, 7) is 11.6. The van der Waals surface area contributed by atoms with E-state index >= 15 is 0 Å². The summed E-state index contributed by atoms with van der Waals surface area (Å²) in [5.41, 5.74) is 0. The molecule has 4 N–H and O–H groups in total. The fourth-order valence-corrected chi connectivity index (χ4v) is 3.95. The van der Waals surface area contributed by atoms with Crippen LogP contribution >= 0.6 is 0 Å². The quantitative estimate of drug-likeness (QED) is 0.211. The van der Waals surface area contributed by atoms with Crippen molar-refractivity contribution in [1.29, 1.82) is 0 Å². The predicted octanol–water partition coefficient (Wildman–Crippen LogP) is 1.20. The average Bonchev–Trinajstić information content (AvgIpc) is 3.14. The van der Waals surface area contributed by atoms with E-state index in [0.29, 0.717) is 32.2 Å². The van der Waals surface area contributed by atoms with Crippen LogP contribution in [0.3, 0.4) is 0 Å². The van der Waals surface area contributed by atoms with Gasteiger partial charge in [-0.2, -0.15) is 0 Å². The van der Waals surface area contributed by atoms with Crippen LogP contribution in [0.25, 0.3) is 0 Å². The highest BCUT2D eigenvalue weighted by atomic mass is 16.5. The summed E-state index contributed by atoms with van der Waals surface area (Å²) in [6.07, 6.45) is 4.53. The molecule has 0 aromatic rings. The van der Waals surface area contributed by atoms with Crippen LogP contribution in [0.1, 0.15) is 67.2 Å². The first-order valence-electron chi connectivity index (χ1n) is 12.4. The van der Waals surface area contributed by atoms with Gasteiger partial charge in [0, 0.05) is 31.5 Å². The van der Waals surface area contributed by atoms with Crippen LogP contribution in [0.4, 0.5) is 0 Å². The van der Waals surface area contributed by atoms with Gasteiger partial charge in [-0.3, -0.25) is 19.2 Å². The summed E-state index contributed by atoms with van der Waals surface area (Å²) in [4.78, 5) is 61.7. The Morgan fingerprint density at radius 2 is 1.57 bits per heavy atom. The van der Waals surface area contributed by atoms with Crippen molar-refractivity contribution in [1.82, 2.24) is 21.3 Å². The first-order chi connectivity index (χ1) is 16.4. The Hall–Kier alpha value is -2.91. The number of amides is 4. The second kappa shape index (κ2) is 15.2. The molecule has 1 rings (SSSR count). The molecule has 1 aliphatic rings. The van der Waals surface area contributed by atoms with Gasteiger partial charge in [0.2, 0.25) is 23.6 Å². The molecule has 1 fully saturated rings. The summed E-state index contributed by atoms with van der Waals surface area (Å²) in [5.74, 6) is -1.84. The molecule has 1 saturated heterocycles. The van der Waals surface area contributed by atoms with Gasteiger partial charge in [-0.05, 0) is 44.4 Å². The summed E-state index contributed by atoms with van der Waals surface area (Å²) in [6, 6.07) is -2.20. The van der Waals surface area contributed by atoms with E-state index in [2.05, 4.69) is 21.3 Å². The molecule has 0 radical (unpaired) electrons. The van der Waals surface area contributed by atoms with Crippen molar-refractivity contribution in [2.24, 2.45) is 17.8 Å². The lowest BCUT2D eigenvalue weighted by atomic mass is 9.96. The minimum atomic E-state index is -0.846. The second-order valence-electron chi connectivity index (χ2n) is 9.81. The molecule has 1 heterocycles. The Balaban J connectivity index is 3.02. The number of esters is 1. The Kier molecular flexibility index (Phi) is 13.0. The van der Waals surface area contributed by atoms with Crippen LogP contribution in [-0.4, -0.2) is 60.9 Å². The van der Waals surface area contributed by atoms with Crippen LogP contribution in [0.5, 0.6) is 0 Å².